The van der Waals surface area contributed by atoms with Crippen LogP contribution in [-0.4, -0.2) is 30.6 Å². The van der Waals surface area contributed by atoms with Crippen LogP contribution in [0.4, 0.5) is 0 Å². The Morgan fingerprint density at radius 1 is 1.26 bits per heavy atom. The summed E-state index contributed by atoms with van der Waals surface area (Å²) in [5.41, 5.74) is -0.444. The Morgan fingerprint density at radius 2 is 1.84 bits per heavy atom. The van der Waals surface area contributed by atoms with Crippen LogP contribution in [0.2, 0.25) is 0 Å². The Bertz CT molecular complexity index is 580. The second-order valence-electron chi connectivity index (χ2n) is 4.64. The fraction of sp³-hybridized carbons (Fsp3) is 0.417. The van der Waals surface area contributed by atoms with Gasteiger partial charge in [-0.3, -0.25) is 0 Å². The van der Waals surface area contributed by atoms with E-state index in [2.05, 4.69) is 4.72 Å². The normalized spacial score (nSPS) is 13.5. The van der Waals surface area contributed by atoms with Crippen molar-refractivity contribution in [2.24, 2.45) is 5.92 Å². The van der Waals surface area contributed by atoms with E-state index in [4.69, 9.17) is 5.11 Å². The summed E-state index contributed by atoms with van der Waals surface area (Å²) in [5, 5.41) is 18.2. The molecule has 0 bridgehead atoms. The standard InChI is InChI=1S/C12H17NO5S/c1-7(2)8(3)13-19(17,18)9-4-5-11(14)10(6-9)12(15)16/h4-8,13-14H,1-3H3,(H,15,16). The first-order valence-electron chi connectivity index (χ1n) is 5.74. The molecule has 0 aliphatic carbocycles. The van der Waals surface area contributed by atoms with E-state index < -0.39 is 27.3 Å². The van der Waals surface area contributed by atoms with Gasteiger partial charge < -0.3 is 10.2 Å². The van der Waals surface area contributed by atoms with Crippen molar-refractivity contribution in [2.75, 3.05) is 0 Å². The highest BCUT2D eigenvalue weighted by Crippen LogP contribution is 2.21. The van der Waals surface area contributed by atoms with E-state index in [1.165, 1.54) is 0 Å². The summed E-state index contributed by atoms with van der Waals surface area (Å²) in [6.07, 6.45) is 0. The number of nitrogens with one attached hydrogen (secondary N) is 1. The molecule has 1 atom stereocenters. The van der Waals surface area contributed by atoms with Crippen LogP contribution in [0.25, 0.3) is 0 Å². The van der Waals surface area contributed by atoms with E-state index in [9.17, 15) is 18.3 Å². The van der Waals surface area contributed by atoms with E-state index >= 15 is 0 Å². The first-order chi connectivity index (χ1) is 8.65. The van der Waals surface area contributed by atoms with Crippen LogP contribution in [0.5, 0.6) is 5.75 Å². The number of hydrogen-bond acceptors (Lipinski definition) is 4. The van der Waals surface area contributed by atoms with E-state index in [1.54, 1.807) is 6.92 Å². The molecule has 0 aromatic heterocycles. The van der Waals surface area contributed by atoms with Gasteiger partial charge >= 0.3 is 5.97 Å². The zero-order valence-corrected chi connectivity index (χ0v) is 11.7. The third-order valence-electron chi connectivity index (χ3n) is 2.85. The number of hydrogen-bond donors (Lipinski definition) is 3. The monoisotopic (exact) mass is 287 g/mol. The molecule has 1 aromatic rings. The molecule has 0 heterocycles. The van der Waals surface area contributed by atoms with Crippen LogP contribution >= 0.6 is 0 Å². The largest absolute Gasteiger partial charge is 0.507 e. The number of carbonyl (C=O) groups is 1. The number of carboxylic acids is 1. The molecule has 0 aliphatic rings. The molecule has 0 aliphatic heterocycles. The van der Waals surface area contributed by atoms with Gasteiger partial charge in [-0.1, -0.05) is 13.8 Å². The molecule has 7 heteroatoms. The molecule has 19 heavy (non-hydrogen) atoms. The van der Waals surface area contributed by atoms with Crippen molar-refractivity contribution in [1.29, 1.82) is 0 Å². The van der Waals surface area contributed by atoms with Crippen molar-refractivity contribution in [1.82, 2.24) is 4.72 Å². The number of sulfonamides is 1. The predicted molar refractivity (Wildman–Crippen MR) is 69.7 cm³/mol. The Labute approximate surface area is 112 Å². The highest BCUT2D eigenvalue weighted by Gasteiger charge is 2.21. The second kappa shape index (κ2) is 5.58. The van der Waals surface area contributed by atoms with Gasteiger partial charge in [0.1, 0.15) is 11.3 Å². The van der Waals surface area contributed by atoms with Crippen LogP contribution in [0.1, 0.15) is 31.1 Å². The Kier molecular flexibility index (Phi) is 4.54. The van der Waals surface area contributed by atoms with Crippen molar-refractivity contribution < 1.29 is 23.4 Å². The van der Waals surface area contributed by atoms with Crippen molar-refractivity contribution in [2.45, 2.75) is 31.7 Å². The van der Waals surface area contributed by atoms with Crippen LogP contribution in [0.3, 0.4) is 0 Å². The predicted octanol–water partition coefficient (Wildman–Crippen LogP) is 1.41. The molecule has 0 amide bonds. The summed E-state index contributed by atoms with van der Waals surface area (Å²) in [6.45, 7) is 5.46. The van der Waals surface area contributed by atoms with Gasteiger partial charge in [0.15, 0.2) is 0 Å². The van der Waals surface area contributed by atoms with E-state index in [0.717, 1.165) is 18.2 Å². The maximum atomic E-state index is 12.0. The topological polar surface area (TPSA) is 104 Å². The molecule has 0 radical (unpaired) electrons. The second-order valence-corrected chi connectivity index (χ2v) is 6.35. The van der Waals surface area contributed by atoms with Gasteiger partial charge in [0.05, 0.1) is 4.90 Å². The molecule has 6 nitrogen and oxygen atoms in total. The molecular formula is C12H17NO5S. The molecule has 3 N–H and O–H groups in total. The Balaban J connectivity index is 3.16. The summed E-state index contributed by atoms with van der Waals surface area (Å²) < 4.78 is 26.6. The number of rotatable bonds is 5. The minimum absolute atomic E-state index is 0.103. The maximum absolute atomic E-state index is 12.0. The molecule has 106 valence electrons. The Morgan fingerprint density at radius 3 is 2.32 bits per heavy atom. The zero-order valence-electron chi connectivity index (χ0n) is 10.9. The smallest absolute Gasteiger partial charge is 0.339 e. The SMILES string of the molecule is CC(C)C(C)NS(=O)(=O)c1ccc(O)c(C(=O)O)c1. The number of carboxylic acid groups (broad SMARTS) is 1. The summed E-state index contributed by atoms with van der Waals surface area (Å²) in [7, 11) is -3.80. The summed E-state index contributed by atoms with van der Waals surface area (Å²) in [6, 6.07) is 2.87. The lowest BCUT2D eigenvalue weighted by atomic mass is 10.1. The summed E-state index contributed by atoms with van der Waals surface area (Å²) in [5.74, 6) is -1.75. The third kappa shape index (κ3) is 3.68. The van der Waals surface area contributed by atoms with Gasteiger partial charge in [-0.05, 0) is 31.0 Å². The van der Waals surface area contributed by atoms with Crippen LogP contribution in [0, 0.1) is 5.92 Å². The fourth-order valence-electron chi connectivity index (χ4n) is 1.30. The highest BCUT2D eigenvalue weighted by atomic mass is 32.2. The van der Waals surface area contributed by atoms with Crippen molar-refractivity contribution in [3.8, 4) is 5.75 Å². The minimum Gasteiger partial charge on any atom is -0.507 e. The van der Waals surface area contributed by atoms with Gasteiger partial charge in [-0.2, -0.15) is 0 Å². The van der Waals surface area contributed by atoms with Gasteiger partial charge in [0.25, 0.3) is 0 Å². The average molecular weight is 287 g/mol. The lowest BCUT2D eigenvalue weighted by Crippen LogP contribution is -2.36. The van der Waals surface area contributed by atoms with E-state index in [0.29, 0.717) is 0 Å². The lowest BCUT2D eigenvalue weighted by molar-refractivity contribution is 0.0693. The molecule has 0 saturated heterocycles. The molecule has 0 fully saturated rings. The number of phenols is 1. The average Bonchev–Trinajstić information content (AvgIpc) is 2.27. The van der Waals surface area contributed by atoms with Crippen molar-refractivity contribution in [3.05, 3.63) is 23.8 Å². The van der Waals surface area contributed by atoms with Crippen LogP contribution in [-0.2, 0) is 10.0 Å². The summed E-state index contributed by atoms with van der Waals surface area (Å²) in [4.78, 5) is 10.7. The maximum Gasteiger partial charge on any atom is 0.339 e. The molecule has 0 spiro atoms. The van der Waals surface area contributed by atoms with Gasteiger partial charge in [-0.25, -0.2) is 17.9 Å². The van der Waals surface area contributed by atoms with Crippen molar-refractivity contribution in [3.63, 3.8) is 0 Å². The molecule has 1 rings (SSSR count). The van der Waals surface area contributed by atoms with Crippen LogP contribution in [0.15, 0.2) is 23.1 Å². The van der Waals surface area contributed by atoms with Gasteiger partial charge in [0, 0.05) is 6.04 Å². The van der Waals surface area contributed by atoms with Crippen molar-refractivity contribution >= 4 is 16.0 Å². The molecule has 0 saturated carbocycles. The first-order valence-corrected chi connectivity index (χ1v) is 7.22. The highest BCUT2D eigenvalue weighted by molar-refractivity contribution is 7.89. The number of aromatic hydroxyl groups is 1. The van der Waals surface area contributed by atoms with Gasteiger partial charge in [0.2, 0.25) is 10.0 Å². The quantitative estimate of drug-likeness (QED) is 0.759. The fourth-order valence-corrected chi connectivity index (χ4v) is 2.72. The van der Waals surface area contributed by atoms with E-state index in [1.807, 2.05) is 13.8 Å². The lowest BCUT2D eigenvalue weighted by Gasteiger charge is -2.17. The molecule has 1 aromatic carbocycles. The summed E-state index contributed by atoms with van der Waals surface area (Å²) >= 11 is 0. The third-order valence-corrected chi connectivity index (χ3v) is 4.41. The minimum atomic E-state index is -3.80. The van der Waals surface area contributed by atoms with Crippen LogP contribution < -0.4 is 4.72 Å². The van der Waals surface area contributed by atoms with E-state index in [-0.39, 0.29) is 16.9 Å². The van der Waals surface area contributed by atoms with Gasteiger partial charge in [-0.15, -0.1) is 0 Å². The number of aromatic carboxylic acids is 1. The molecular weight excluding hydrogens is 270 g/mol. The first kappa shape index (κ1) is 15.5. The molecule has 1 unspecified atom stereocenters. The Hall–Kier alpha value is -1.60. The number of benzene rings is 1. The zero-order chi connectivity index (χ0) is 14.8.